The zero-order chi connectivity index (χ0) is 18.0. The van der Waals surface area contributed by atoms with Crippen LogP contribution in [0.1, 0.15) is 18.1 Å². The number of aryl methyl sites for hydroxylation is 2. The van der Waals surface area contributed by atoms with Gasteiger partial charge in [-0.1, -0.05) is 25.1 Å². The Kier molecular flexibility index (Phi) is 4.47. The summed E-state index contributed by atoms with van der Waals surface area (Å²) in [7, 11) is 0. The molecule has 3 rings (SSSR count). The highest BCUT2D eigenvalue weighted by Gasteiger charge is 2.14. The van der Waals surface area contributed by atoms with E-state index in [1.54, 1.807) is 12.3 Å². The Hall–Kier alpha value is -3.22. The van der Waals surface area contributed by atoms with E-state index < -0.39 is 4.92 Å². The van der Waals surface area contributed by atoms with E-state index in [-0.39, 0.29) is 18.1 Å². The molecule has 1 amide bonds. The summed E-state index contributed by atoms with van der Waals surface area (Å²) in [5.41, 5.74) is 3.41. The van der Waals surface area contributed by atoms with Gasteiger partial charge in [-0.3, -0.25) is 19.6 Å². The average molecular weight is 338 g/mol. The zero-order valence-electron chi connectivity index (χ0n) is 14.0. The minimum atomic E-state index is -0.461. The second-order valence-electron chi connectivity index (χ2n) is 5.81. The van der Waals surface area contributed by atoms with Gasteiger partial charge < -0.3 is 5.32 Å². The molecule has 1 N–H and O–H groups in total. The third kappa shape index (κ3) is 3.35. The molecule has 1 aromatic heterocycles. The van der Waals surface area contributed by atoms with Crippen LogP contribution < -0.4 is 5.32 Å². The van der Waals surface area contributed by atoms with Gasteiger partial charge in [0.05, 0.1) is 16.6 Å². The minimum absolute atomic E-state index is 0.0117. The average Bonchev–Trinajstić information content (AvgIpc) is 2.98. The van der Waals surface area contributed by atoms with E-state index in [0.717, 1.165) is 28.6 Å². The summed E-state index contributed by atoms with van der Waals surface area (Å²) in [6.45, 7) is 3.97. The van der Waals surface area contributed by atoms with Crippen molar-refractivity contribution in [2.75, 3.05) is 5.32 Å². The molecule has 2 aromatic carbocycles. The number of carbonyl (C=O) groups is 1. The van der Waals surface area contributed by atoms with Crippen LogP contribution in [0.4, 0.5) is 11.4 Å². The number of nitro groups is 1. The lowest BCUT2D eigenvalue weighted by Gasteiger charge is -2.13. The molecule has 0 fully saturated rings. The quantitative estimate of drug-likeness (QED) is 0.570. The van der Waals surface area contributed by atoms with Crippen LogP contribution in [0.5, 0.6) is 0 Å². The fourth-order valence-electron chi connectivity index (χ4n) is 2.82. The second kappa shape index (κ2) is 6.72. The molecule has 0 radical (unpaired) electrons. The molecule has 0 unspecified atom stereocenters. The fraction of sp³-hybridized carbons (Fsp3) is 0.222. The SMILES string of the molecule is CCc1cccc(C)c1NC(=O)Cn1ncc2ccc([N+](=O)[O-])cc21. The molecule has 25 heavy (non-hydrogen) atoms. The smallest absolute Gasteiger partial charge is 0.271 e. The van der Waals surface area contributed by atoms with Gasteiger partial charge in [0.25, 0.3) is 5.69 Å². The third-order valence-electron chi connectivity index (χ3n) is 4.14. The molecule has 0 aliphatic rings. The number of benzene rings is 2. The molecule has 0 atom stereocenters. The Morgan fingerprint density at radius 3 is 2.84 bits per heavy atom. The van der Waals surface area contributed by atoms with E-state index in [2.05, 4.69) is 10.4 Å². The van der Waals surface area contributed by atoms with Crippen molar-refractivity contribution in [2.45, 2.75) is 26.8 Å². The Morgan fingerprint density at radius 1 is 1.32 bits per heavy atom. The van der Waals surface area contributed by atoms with E-state index in [4.69, 9.17) is 0 Å². The van der Waals surface area contributed by atoms with Gasteiger partial charge in [0.2, 0.25) is 5.91 Å². The van der Waals surface area contributed by atoms with Gasteiger partial charge in [-0.25, -0.2) is 0 Å². The van der Waals surface area contributed by atoms with E-state index >= 15 is 0 Å². The standard InChI is InChI=1S/C18H18N4O3/c1-3-13-6-4-5-12(2)18(13)20-17(23)11-21-16-9-15(22(24)25)8-7-14(16)10-19-21/h4-10H,3,11H2,1-2H3,(H,20,23). The first-order valence-corrected chi connectivity index (χ1v) is 7.98. The van der Waals surface area contributed by atoms with Crippen molar-refractivity contribution in [3.05, 3.63) is 63.8 Å². The molecule has 7 heteroatoms. The highest BCUT2D eigenvalue weighted by Crippen LogP contribution is 2.22. The summed E-state index contributed by atoms with van der Waals surface area (Å²) in [5.74, 6) is -0.222. The van der Waals surface area contributed by atoms with Gasteiger partial charge in [0.15, 0.2) is 0 Å². The Bertz CT molecular complexity index is 962. The Balaban J connectivity index is 1.85. The van der Waals surface area contributed by atoms with Crippen molar-refractivity contribution in [3.8, 4) is 0 Å². The lowest BCUT2D eigenvalue weighted by Crippen LogP contribution is -2.20. The predicted octanol–water partition coefficient (Wildman–Crippen LogP) is 3.45. The van der Waals surface area contributed by atoms with E-state index in [9.17, 15) is 14.9 Å². The molecule has 0 aliphatic heterocycles. The number of nitrogens with zero attached hydrogens (tertiary/aromatic N) is 3. The molecule has 128 valence electrons. The number of aromatic nitrogens is 2. The summed E-state index contributed by atoms with van der Waals surface area (Å²) in [6, 6.07) is 10.4. The van der Waals surface area contributed by atoms with Crippen LogP contribution >= 0.6 is 0 Å². The number of nitro benzene ring substituents is 1. The zero-order valence-corrected chi connectivity index (χ0v) is 14.0. The fourth-order valence-corrected chi connectivity index (χ4v) is 2.82. The number of hydrogen-bond donors (Lipinski definition) is 1. The Morgan fingerprint density at radius 2 is 2.12 bits per heavy atom. The van der Waals surface area contributed by atoms with Crippen molar-refractivity contribution in [1.29, 1.82) is 0 Å². The largest absolute Gasteiger partial charge is 0.324 e. The number of anilines is 1. The van der Waals surface area contributed by atoms with Crippen LogP contribution in [0.25, 0.3) is 10.9 Å². The van der Waals surface area contributed by atoms with E-state index in [1.165, 1.54) is 16.8 Å². The summed E-state index contributed by atoms with van der Waals surface area (Å²) >= 11 is 0. The van der Waals surface area contributed by atoms with Gasteiger partial charge >= 0.3 is 0 Å². The number of rotatable bonds is 5. The van der Waals surface area contributed by atoms with Crippen LogP contribution in [-0.4, -0.2) is 20.6 Å². The van der Waals surface area contributed by atoms with Crippen LogP contribution in [0, 0.1) is 17.0 Å². The van der Waals surface area contributed by atoms with Crippen LogP contribution in [0.15, 0.2) is 42.6 Å². The molecule has 7 nitrogen and oxygen atoms in total. The molecular weight excluding hydrogens is 320 g/mol. The van der Waals surface area contributed by atoms with Gasteiger partial charge in [0, 0.05) is 23.2 Å². The van der Waals surface area contributed by atoms with Crippen molar-refractivity contribution < 1.29 is 9.72 Å². The highest BCUT2D eigenvalue weighted by molar-refractivity contribution is 5.93. The maximum absolute atomic E-state index is 12.5. The number of non-ortho nitro benzene ring substituents is 1. The molecule has 0 saturated carbocycles. The maximum atomic E-state index is 12.5. The molecule has 0 saturated heterocycles. The molecule has 0 aliphatic carbocycles. The number of para-hydroxylation sites is 1. The first kappa shape index (κ1) is 16.6. The Labute approximate surface area is 144 Å². The normalized spacial score (nSPS) is 10.8. The number of nitrogens with one attached hydrogen (secondary N) is 1. The van der Waals surface area contributed by atoms with Crippen LogP contribution in [0.3, 0.4) is 0 Å². The molecule has 0 spiro atoms. The van der Waals surface area contributed by atoms with E-state index in [1.807, 2.05) is 32.0 Å². The van der Waals surface area contributed by atoms with Gasteiger partial charge in [0.1, 0.15) is 6.54 Å². The van der Waals surface area contributed by atoms with Crippen molar-refractivity contribution in [2.24, 2.45) is 0 Å². The van der Waals surface area contributed by atoms with Crippen molar-refractivity contribution >= 4 is 28.2 Å². The predicted molar refractivity (Wildman–Crippen MR) is 95.6 cm³/mol. The van der Waals surface area contributed by atoms with Crippen molar-refractivity contribution in [3.63, 3.8) is 0 Å². The molecule has 1 heterocycles. The molecule has 0 bridgehead atoms. The summed E-state index contributed by atoms with van der Waals surface area (Å²) in [5, 5.41) is 18.8. The van der Waals surface area contributed by atoms with Gasteiger partial charge in [-0.2, -0.15) is 5.10 Å². The minimum Gasteiger partial charge on any atom is -0.324 e. The van der Waals surface area contributed by atoms with E-state index in [0.29, 0.717) is 5.52 Å². The first-order chi connectivity index (χ1) is 12.0. The lowest BCUT2D eigenvalue weighted by atomic mass is 10.1. The maximum Gasteiger partial charge on any atom is 0.271 e. The monoisotopic (exact) mass is 338 g/mol. The summed E-state index contributed by atoms with van der Waals surface area (Å²) in [6.07, 6.45) is 2.41. The van der Waals surface area contributed by atoms with Crippen LogP contribution in [0.2, 0.25) is 0 Å². The van der Waals surface area contributed by atoms with Gasteiger partial charge in [-0.05, 0) is 30.5 Å². The molecule has 3 aromatic rings. The second-order valence-corrected chi connectivity index (χ2v) is 5.81. The summed E-state index contributed by atoms with van der Waals surface area (Å²) in [4.78, 5) is 22.9. The number of carbonyl (C=O) groups excluding carboxylic acids is 1. The topological polar surface area (TPSA) is 90.1 Å². The van der Waals surface area contributed by atoms with Gasteiger partial charge in [-0.15, -0.1) is 0 Å². The number of fused-ring (bicyclic) bond motifs is 1. The highest BCUT2D eigenvalue weighted by atomic mass is 16.6. The number of hydrogen-bond acceptors (Lipinski definition) is 4. The molecular formula is C18H18N4O3. The van der Waals surface area contributed by atoms with Crippen molar-refractivity contribution in [1.82, 2.24) is 9.78 Å². The number of amides is 1. The summed E-state index contributed by atoms with van der Waals surface area (Å²) < 4.78 is 1.47. The third-order valence-corrected chi connectivity index (χ3v) is 4.14. The van der Waals surface area contributed by atoms with Crippen LogP contribution in [-0.2, 0) is 17.8 Å². The first-order valence-electron chi connectivity index (χ1n) is 7.98. The lowest BCUT2D eigenvalue weighted by molar-refractivity contribution is -0.384.